The Bertz CT molecular complexity index is 560. The van der Waals surface area contributed by atoms with Crippen LogP contribution in [-0.4, -0.2) is 4.98 Å². The topological polar surface area (TPSA) is 32.9 Å². The number of aromatic amines is 1. The van der Waals surface area contributed by atoms with Gasteiger partial charge in [-0.3, -0.25) is 4.79 Å². The highest BCUT2D eigenvalue weighted by Gasteiger charge is 2.06. The van der Waals surface area contributed by atoms with E-state index in [9.17, 15) is 13.6 Å². The Morgan fingerprint density at radius 3 is 2.50 bits per heavy atom. The fourth-order valence-electron chi connectivity index (χ4n) is 1.38. The number of rotatable bonds is 0. The van der Waals surface area contributed by atoms with Crippen LogP contribution >= 0.6 is 0 Å². The summed E-state index contributed by atoms with van der Waals surface area (Å²) < 4.78 is 25.6. The molecule has 14 heavy (non-hydrogen) atoms. The van der Waals surface area contributed by atoms with E-state index >= 15 is 0 Å². The Morgan fingerprint density at radius 2 is 1.79 bits per heavy atom. The highest BCUT2D eigenvalue weighted by molar-refractivity contribution is 5.78. The molecule has 1 heterocycles. The molecular formula is C10H7F2NO. The van der Waals surface area contributed by atoms with Crippen LogP contribution in [0.1, 0.15) is 5.69 Å². The standard InChI is InChI=1S/C10H7F2NO/c1-5-2-10(14)6-3-7(11)8(12)4-9(6)13-5/h2-4H,1H3,(H,13,14). The van der Waals surface area contributed by atoms with E-state index in [1.807, 2.05) is 0 Å². The SMILES string of the molecule is Cc1cc(=O)c2cc(F)c(F)cc2[nH]1. The number of aromatic nitrogens is 1. The molecule has 2 rings (SSSR count). The highest BCUT2D eigenvalue weighted by atomic mass is 19.2. The molecule has 4 heteroatoms. The Kier molecular flexibility index (Phi) is 1.84. The van der Waals surface area contributed by atoms with Crippen LogP contribution in [0.4, 0.5) is 8.78 Å². The maximum absolute atomic E-state index is 12.8. The molecule has 1 aromatic carbocycles. The predicted molar refractivity (Wildman–Crippen MR) is 49.2 cm³/mol. The third-order valence-corrected chi connectivity index (χ3v) is 2.01. The van der Waals surface area contributed by atoms with Crippen molar-refractivity contribution in [2.45, 2.75) is 6.92 Å². The fraction of sp³-hybridized carbons (Fsp3) is 0.100. The molecule has 0 saturated heterocycles. The summed E-state index contributed by atoms with van der Waals surface area (Å²) >= 11 is 0. The van der Waals surface area contributed by atoms with Crippen LogP contribution in [0.15, 0.2) is 23.0 Å². The fourth-order valence-corrected chi connectivity index (χ4v) is 1.38. The predicted octanol–water partition coefficient (Wildman–Crippen LogP) is 2.11. The largest absolute Gasteiger partial charge is 0.358 e. The van der Waals surface area contributed by atoms with Crippen molar-refractivity contribution in [3.8, 4) is 0 Å². The van der Waals surface area contributed by atoms with E-state index < -0.39 is 11.6 Å². The second kappa shape index (κ2) is 2.90. The minimum Gasteiger partial charge on any atom is -0.358 e. The van der Waals surface area contributed by atoms with Crippen molar-refractivity contribution in [3.63, 3.8) is 0 Å². The zero-order chi connectivity index (χ0) is 10.3. The number of hydrogen-bond donors (Lipinski definition) is 1. The zero-order valence-electron chi connectivity index (χ0n) is 7.40. The van der Waals surface area contributed by atoms with Crippen LogP contribution in [0.3, 0.4) is 0 Å². The molecule has 0 atom stereocenters. The monoisotopic (exact) mass is 195 g/mol. The van der Waals surface area contributed by atoms with Gasteiger partial charge in [0.1, 0.15) is 0 Å². The number of benzene rings is 1. The molecule has 2 aromatic rings. The molecule has 72 valence electrons. The summed E-state index contributed by atoms with van der Waals surface area (Å²) in [7, 11) is 0. The quantitative estimate of drug-likeness (QED) is 0.686. The molecule has 0 aliphatic carbocycles. The Hall–Kier alpha value is -1.71. The number of nitrogens with one attached hydrogen (secondary N) is 1. The highest BCUT2D eigenvalue weighted by Crippen LogP contribution is 2.13. The number of halogens is 2. The third-order valence-electron chi connectivity index (χ3n) is 2.01. The summed E-state index contributed by atoms with van der Waals surface area (Å²) in [5, 5.41) is 0.162. The van der Waals surface area contributed by atoms with Crippen molar-refractivity contribution in [2.24, 2.45) is 0 Å². The average molecular weight is 195 g/mol. The zero-order valence-corrected chi connectivity index (χ0v) is 7.40. The molecule has 0 unspecified atom stereocenters. The van der Waals surface area contributed by atoms with Crippen LogP contribution in [0.25, 0.3) is 10.9 Å². The first-order valence-electron chi connectivity index (χ1n) is 4.06. The van der Waals surface area contributed by atoms with Crippen molar-refractivity contribution in [2.75, 3.05) is 0 Å². The number of H-pyrrole nitrogens is 1. The lowest BCUT2D eigenvalue weighted by Crippen LogP contribution is -2.04. The van der Waals surface area contributed by atoms with Gasteiger partial charge in [0, 0.05) is 23.2 Å². The molecule has 0 saturated carbocycles. The van der Waals surface area contributed by atoms with Gasteiger partial charge in [-0.1, -0.05) is 0 Å². The van der Waals surface area contributed by atoms with E-state index in [2.05, 4.69) is 4.98 Å². The van der Waals surface area contributed by atoms with E-state index in [0.717, 1.165) is 12.1 Å². The first kappa shape index (κ1) is 8.87. The summed E-state index contributed by atoms with van der Waals surface area (Å²) in [6, 6.07) is 3.24. The van der Waals surface area contributed by atoms with E-state index in [-0.39, 0.29) is 10.8 Å². The minimum atomic E-state index is -1.01. The minimum absolute atomic E-state index is 0.162. The Balaban J connectivity index is 2.96. The molecule has 0 aliphatic heterocycles. The lowest BCUT2D eigenvalue weighted by atomic mass is 10.2. The van der Waals surface area contributed by atoms with Gasteiger partial charge in [-0.25, -0.2) is 8.78 Å². The summed E-state index contributed by atoms with van der Waals surface area (Å²) in [5.41, 5.74) is 0.623. The Labute approximate surface area is 78.2 Å². The lowest BCUT2D eigenvalue weighted by molar-refractivity contribution is 0.510. The van der Waals surface area contributed by atoms with Crippen molar-refractivity contribution in [1.29, 1.82) is 0 Å². The van der Waals surface area contributed by atoms with Gasteiger partial charge >= 0.3 is 0 Å². The van der Waals surface area contributed by atoms with Crippen LogP contribution in [0.2, 0.25) is 0 Å². The van der Waals surface area contributed by atoms with E-state index in [1.165, 1.54) is 6.07 Å². The van der Waals surface area contributed by atoms with E-state index in [0.29, 0.717) is 11.2 Å². The van der Waals surface area contributed by atoms with Crippen molar-refractivity contribution < 1.29 is 8.78 Å². The van der Waals surface area contributed by atoms with Gasteiger partial charge in [-0.15, -0.1) is 0 Å². The maximum Gasteiger partial charge on any atom is 0.189 e. The van der Waals surface area contributed by atoms with Gasteiger partial charge in [0.25, 0.3) is 0 Å². The molecule has 2 nitrogen and oxygen atoms in total. The maximum atomic E-state index is 12.8. The summed E-state index contributed by atoms with van der Waals surface area (Å²) in [6.07, 6.45) is 0. The average Bonchev–Trinajstić information content (AvgIpc) is 2.08. The molecule has 0 amide bonds. The van der Waals surface area contributed by atoms with Gasteiger partial charge in [-0.05, 0) is 13.0 Å². The number of pyridine rings is 1. The molecule has 0 fully saturated rings. The first-order valence-corrected chi connectivity index (χ1v) is 4.06. The lowest BCUT2D eigenvalue weighted by Gasteiger charge is -2.00. The molecule has 1 aromatic heterocycles. The van der Waals surface area contributed by atoms with Crippen molar-refractivity contribution in [3.05, 3.63) is 45.8 Å². The van der Waals surface area contributed by atoms with Gasteiger partial charge in [-0.2, -0.15) is 0 Å². The molecule has 0 spiro atoms. The van der Waals surface area contributed by atoms with Crippen LogP contribution < -0.4 is 5.43 Å². The van der Waals surface area contributed by atoms with E-state index in [1.54, 1.807) is 6.92 Å². The smallest absolute Gasteiger partial charge is 0.189 e. The first-order chi connectivity index (χ1) is 6.58. The third kappa shape index (κ3) is 1.28. The Morgan fingerprint density at radius 1 is 1.14 bits per heavy atom. The normalized spacial score (nSPS) is 10.8. The summed E-state index contributed by atoms with van der Waals surface area (Å²) in [4.78, 5) is 14.1. The van der Waals surface area contributed by atoms with Crippen molar-refractivity contribution >= 4 is 10.9 Å². The van der Waals surface area contributed by atoms with Gasteiger partial charge in [0.05, 0.1) is 5.52 Å². The number of fused-ring (bicyclic) bond motifs is 1. The van der Waals surface area contributed by atoms with Crippen LogP contribution in [0, 0.1) is 18.6 Å². The van der Waals surface area contributed by atoms with Crippen LogP contribution in [-0.2, 0) is 0 Å². The molecule has 1 N–H and O–H groups in total. The number of hydrogen-bond acceptors (Lipinski definition) is 1. The summed E-state index contributed by atoms with van der Waals surface area (Å²) in [5.74, 6) is -1.97. The van der Waals surface area contributed by atoms with Gasteiger partial charge in [0.2, 0.25) is 0 Å². The second-order valence-corrected chi connectivity index (χ2v) is 3.13. The second-order valence-electron chi connectivity index (χ2n) is 3.13. The van der Waals surface area contributed by atoms with Crippen molar-refractivity contribution in [1.82, 2.24) is 4.98 Å². The van der Waals surface area contributed by atoms with Crippen LogP contribution in [0.5, 0.6) is 0 Å². The molecule has 0 bridgehead atoms. The summed E-state index contributed by atoms with van der Waals surface area (Å²) in [6.45, 7) is 1.68. The molecule has 0 radical (unpaired) electrons. The van der Waals surface area contributed by atoms with E-state index in [4.69, 9.17) is 0 Å². The molecular weight excluding hydrogens is 188 g/mol. The van der Waals surface area contributed by atoms with Gasteiger partial charge < -0.3 is 4.98 Å². The molecule has 0 aliphatic rings. The number of aryl methyl sites for hydroxylation is 1. The van der Waals surface area contributed by atoms with Gasteiger partial charge in [0.15, 0.2) is 17.1 Å².